The maximum atomic E-state index is 13.1. The van der Waals surface area contributed by atoms with Crippen LogP contribution in [0.3, 0.4) is 0 Å². The van der Waals surface area contributed by atoms with Crippen molar-refractivity contribution in [3.63, 3.8) is 0 Å². The molecule has 0 saturated heterocycles. The molecule has 3 aromatic rings. The zero-order valence-electron chi connectivity index (χ0n) is 23.4. The van der Waals surface area contributed by atoms with E-state index in [9.17, 15) is 14.4 Å². The largest absolute Gasteiger partial charge is 0.493 e. The molecule has 1 N–H and O–H groups in total. The van der Waals surface area contributed by atoms with Crippen molar-refractivity contribution in [2.24, 2.45) is 0 Å². The fourth-order valence-electron chi connectivity index (χ4n) is 3.56. The Balaban J connectivity index is 1.67. The summed E-state index contributed by atoms with van der Waals surface area (Å²) in [6, 6.07) is 19.1. The molecule has 0 radical (unpaired) electrons. The fourth-order valence-corrected chi connectivity index (χ4v) is 3.56. The van der Waals surface area contributed by atoms with E-state index in [-0.39, 0.29) is 23.8 Å². The Morgan fingerprint density at radius 3 is 2.29 bits per heavy atom. The number of carbonyl (C=O) groups excluding carboxylic acids is 3. The average molecular weight is 567 g/mol. The van der Waals surface area contributed by atoms with Crippen molar-refractivity contribution in [1.29, 1.82) is 0 Å². The number of pyridine rings is 1. The molecule has 1 heterocycles. The first-order valence-corrected chi connectivity index (χ1v) is 12.9. The van der Waals surface area contributed by atoms with Gasteiger partial charge in [-0.05, 0) is 31.5 Å². The molecule has 1 amide bonds. The number of esters is 2. The number of methoxy groups -OCH3 is 1. The molecule has 3 atom stereocenters. The van der Waals surface area contributed by atoms with Crippen LogP contribution in [0.2, 0.25) is 0 Å². The lowest BCUT2D eigenvalue weighted by molar-refractivity contribution is -0.160. The number of ether oxygens (including phenoxy) is 6. The van der Waals surface area contributed by atoms with Gasteiger partial charge in [0.05, 0.1) is 20.3 Å². The molecule has 0 spiro atoms. The van der Waals surface area contributed by atoms with Crippen LogP contribution in [0.5, 0.6) is 17.2 Å². The van der Waals surface area contributed by atoms with Crippen LogP contribution in [0, 0.1) is 0 Å². The highest BCUT2D eigenvalue weighted by molar-refractivity contribution is 5.98. The van der Waals surface area contributed by atoms with Crippen LogP contribution in [-0.4, -0.2) is 61.6 Å². The summed E-state index contributed by atoms with van der Waals surface area (Å²) in [5, 5.41) is 2.56. The molecular formula is C30H34N2O9. The van der Waals surface area contributed by atoms with Gasteiger partial charge in [-0.15, -0.1) is 0 Å². The van der Waals surface area contributed by atoms with Crippen LogP contribution in [0.1, 0.15) is 36.8 Å². The monoisotopic (exact) mass is 566 g/mol. The van der Waals surface area contributed by atoms with Gasteiger partial charge in [-0.1, -0.05) is 48.5 Å². The minimum atomic E-state index is -1.07. The molecule has 0 saturated carbocycles. The van der Waals surface area contributed by atoms with E-state index >= 15 is 0 Å². The molecule has 2 aromatic carbocycles. The Morgan fingerprint density at radius 1 is 0.951 bits per heavy atom. The average Bonchev–Trinajstić information content (AvgIpc) is 2.97. The third-order valence-corrected chi connectivity index (χ3v) is 5.72. The second kappa shape index (κ2) is 15.8. The third-order valence-electron chi connectivity index (χ3n) is 5.72. The van der Waals surface area contributed by atoms with Crippen molar-refractivity contribution in [2.75, 3.05) is 20.5 Å². The zero-order chi connectivity index (χ0) is 29.6. The van der Waals surface area contributed by atoms with Gasteiger partial charge in [-0.25, -0.2) is 9.78 Å². The van der Waals surface area contributed by atoms with E-state index in [0.29, 0.717) is 12.4 Å². The van der Waals surface area contributed by atoms with Gasteiger partial charge in [0.25, 0.3) is 5.91 Å². The maximum Gasteiger partial charge on any atom is 0.328 e. The van der Waals surface area contributed by atoms with Crippen molar-refractivity contribution in [1.82, 2.24) is 10.3 Å². The molecule has 0 fully saturated rings. The highest BCUT2D eigenvalue weighted by Gasteiger charge is 2.29. The van der Waals surface area contributed by atoms with E-state index in [2.05, 4.69) is 10.3 Å². The minimum Gasteiger partial charge on any atom is -0.493 e. The van der Waals surface area contributed by atoms with Crippen LogP contribution >= 0.6 is 0 Å². The van der Waals surface area contributed by atoms with Gasteiger partial charge >= 0.3 is 11.9 Å². The topological polar surface area (TPSA) is 132 Å². The van der Waals surface area contributed by atoms with E-state index in [0.717, 1.165) is 5.56 Å². The number of benzene rings is 2. The summed E-state index contributed by atoms with van der Waals surface area (Å²) in [7, 11) is 1.38. The summed E-state index contributed by atoms with van der Waals surface area (Å²) in [4.78, 5) is 41.3. The van der Waals surface area contributed by atoms with Gasteiger partial charge in [0.15, 0.2) is 23.3 Å². The van der Waals surface area contributed by atoms with Crippen molar-refractivity contribution in [2.45, 2.75) is 45.6 Å². The molecule has 1 aromatic heterocycles. The number of amides is 1. The molecule has 41 heavy (non-hydrogen) atoms. The summed E-state index contributed by atoms with van der Waals surface area (Å²) in [6.45, 7) is 4.38. The first-order valence-electron chi connectivity index (χ1n) is 12.9. The molecular weight excluding hydrogens is 532 g/mol. The first-order chi connectivity index (χ1) is 19.8. The van der Waals surface area contributed by atoms with Gasteiger partial charge in [0.2, 0.25) is 6.79 Å². The molecule has 11 heteroatoms. The Labute approximate surface area is 238 Å². The van der Waals surface area contributed by atoms with Crippen LogP contribution < -0.4 is 19.5 Å². The highest BCUT2D eigenvalue weighted by atomic mass is 16.7. The van der Waals surface area contributed by atoms with Crippen LogP contribution in [-0.2, 0) is 30.4 Å². The molecule has 0 bridgehead atoms. The number of hydrogen-bond acceptors (Lipinski definition) is 10. The van der Waals surface area contributed by atoms with E-state index in [1.807, 2.05) is 48.5 Å². The van der Waals surface area contributed by atoms with Crippen LogP contribution in [0.4, 0.5) is 0 Å². The van der Waals surface area contributed by atoms with Gasteiger partial charge in [-0.3, -0.25) is 9.59 Å². The molecule has 0 aliphatic carbocycles. The summed E-state index contributed by atoms with van der Waals surface area (Å²) >= 11 is 0. The summed E-state index contributed by atoms with van der Waals surface area (Å²) in [5.74, 6) is -1.25. The van der Waals surface area contributed by atoms with Crippen LogP contribution in [0.15, 0.2) is 72.9 Å². The number of nitrogens with one attached hydrogen (secondary N) is 1. The lowest BCUT2D eigenvalue weighted by Crippen LogP contribution is -2.45. The van der Waals surface area contributed by atoms with Crippen molar-refractivity contribution >= 4 is 17.8 Å². The third kappa shape index (κ3) is 9.80. The molecule has 0 aliphatic rings. The number of carbonyl (C=O) groups is 3. The first kappa shape index (κ1) is 30.9. The lowest BCUT2D eigenvalue weighted by Gasteiger charge is -2.26. The summed E-state index contributed by atoms with van der Waals surface area (Å²) in [6.07, 6.45) is -0.0114. The molecule has 11 nitrogen and oxygen atoms in total. The number of rotatable bonds is 15. The predicted molar refractivity (Wildman–Crippen MR) is 147 cm³/mol. The van der Waals surface area contributed by atoms with Crippen molar-refractivity contribution in [3.8, 4) is 17.2 Å². The van der Waals surface area contributed by atoms with E-state index in [1.54, 1.807) is 19.1 Å². The number of aromatic nitrogens is 1. The number of hydrogen-bond donors (Lipinski definition) is 1. The molecule has 3 rings (SSSR count). The quantitative estimate of drug-likeness (QED) is 0.215. The van der Waals surface area contributed by atoms with Crippen LogP contribution in [0.25, 0.3) is 0 Å². The Hall–Kier alpha value is -4.64. The van der Waals surface area contributed by atoms with Gasteiger partial charge in [0.1, 0.15) is 17.9 Å². The van der Waals surface area contributed by atoms with Gasteiger partial charge in [-0.2, -0.15) is 0 Å². The van der Waals surface area contributed by atoms with Crippen molar-refractivity contribution in [3.05, 3.63) is 84.2 Å². The second-order valence-electron chi connectivity index (χ2n) is 8.90. The summed E-state index contributed by atoms with van der Waals surface area (Å²) < 4.78 is 33.0. The SMILES string of the molecule is COc1ccnc(C(=O)N[C@@H](C)C(=O)O[C@H](COCc2ccccc2)[C@H](C)Oc2ccccc2)c1OCOC(C)=O. The van der Waals surface area contributed by atoms with Crippen molar-refractivity contribution < 1.29 is 42.8 Å². The van der Waals surface area contributed by atoms with E-state index in [1.165, 1.54) is 33.2 Å². The predicted octanol–water partition coefficient (Wildman–Crippen LogP) is 3.70. The number of para-hydroxylation sites is 1. The fraction of sp³-hybridized carbons (Fsp3) is 0.333. The molecule has 218 valence electrons. The maximum absolute atomic E-state index is 13.1. The highest BCUT2D eigenvalue weighted by Crippen LogP contribution is 2.29. The smallest absolute Gasteiger partial charge is 0.328 e. The van der Waals surface area contributed by atoms with E-state index < -0.39 is 42.9 Å². The lowest BCUT2D eigenvalue weighted by atomic mass is 10.2. The standard InChI is InChI=1S/C30H34N2O9/c1-20(32-29(34)27-28(39-19-38-22(3)33)25(36-4)15-16-31-27)30(35)41-26(18-37-17-23-11-7-5-8-12-23)21(2)40-24-13-9-6-10-14-24/h5-16,20-21,26H,17-19H2,1-4H3,(H,32,34)/t20-,21-,26+/m0/s1. The molecule has 0 aliphatic heterocycles. The van der Waals surface area contributed by atoms with E-state index in [4.69, 9.17) is 28.4 Å². The zero-order valence-corrected chi connectivity index (χ0v) is 23.4. The Kier molecular flexibility index (Phi) is 11.9. The molecule has 0 unspecified atom stereocenters. The second-order valence-corrected chi connectivity index (χ2v) is 8.90. The van der Waals surface area contributed by atoms with Gasteiger partial charge in [0, 0.05) is 19.2 Å². The Bertz CT molecular complexity index is 1270. The minimum absolute atomic E-state index is 0.0496. The number of nitrogens with zero attached hydrogens (tertiary/aromatic N) is 1. The Morgan fingerprint density at radius 2 is 1.63 bits per heavy atom. The van der Waals surface area contributed by atoms with Gasteiger partial charge < -0.3 is 33.7 Å². The summed E-state index contributed by atoms with van der Waals surface area (Å²) in [5.41, 5.74) is 0.798. The normalized spacial score (nSPS) is 12.8.